The monoisotopic (exact) mass is 444 g/mol. The van der Waals surface area contributed by atoms with Gasteiger partial charge in [-0.15, -0.1) is 0 Å². The van der Waals surface area contributed by atoms with Crippen LogP contribution in [0.2, 0.25) is 0 Å². The fourth-order valence-corrected chi connectivity index (χ4v) is 3.87. The van der Waals surface area contributed by atoms with E-state index in [-0.39, 0.29) is 24.7 Å². The second kappa shape index (κ2) is 11.0. The average Bonchev–Trinajstić information content (AvgIpc) is 3.16. The van der Waals surface area contributed by atoms with Gasteiger partial charge in [0.15, 0.2) is 5.76 Å². The first-order chi connectivity index (χ1) is 15.4. The molecule has 8 nitrogen and oxygen atoms in total. The molecule has 2 aromatic rings. The van der Waals surface area contributed by atoms with Gasteiger partial charge in [0.05, 0.1) is 23.3 Å². The summed E-state index contributed by atoms with van der Waals surface area (Å²) in [7, 11) is 1.73. The van der Waals surface area contributed by atoms with E-state index in [4.69, 9.17) is 14.0 Å². The van der Waals surface area contributed by atoms with Crippen molar-refractivity contribution in [2.45, 2.75) is 65.1 Å². The molecule has 1 aromatic heterocycles. The highest BCUT2D eigenvalue weighted by Gasteiger charge is 2.28. The number of benzene rings is 1. The van der Waals surface area contributed by atoms with E-state index >= 15 is 0 Å². The lowest BCUT2D eigenvalue weighted by Crippen LogP contribution is -2.29. The highest BCUT2D eigenvalue weighted by Crippen LogP contribution is 2.31. The van der Waals surface area contributed by atoms with Gasteiger partial charge in [0.2, 0.25) is 0 Å². The third kappa shape index (κ3) is 6.02. The van der Waals surface area contributed by atoms with Gasteiger partial charge >= 0.3 is 12.1 Å². The first-order valence-corrected chi connectivity index (χ1v) is 11.2. The number of aliphatic carboxylic acids is 1. The van der Waals surface area contributed by atoms with E-state index in [1.807, 2.05) is 31.2 Å². The Kier molecular flexibility index (Phi) is 8.14. The van der Waals surface area contributed by atoms with Crippen LogP contribution in [0, 0.1) is 12.8 Å². The summed E-state index contributed by atoms with van der Waals surface area (Å²) in [6.07, 6.45) is 4.41. The van der Waals surface area contributed by atoms with Crippen LogP contribution in [0.15, 0.2) is 28.8 Å². The van der Waals surface area contributed by atoms with Crippen LogP contribution in [0.3, 0.4) is 0 Å². The first kappa shape index (κ1) is 23.6. The Morgan fingerprint density at radius 2 is 2.00 bits per heavy atom. The molecule has 2 atom stereocenters. The van der Waals surface area contributed by atoms with Gasteiger partial charge in [-0.25, -0.2) is 4.79 Å². The van der Waals surface area contributed by atoms with E-state index in [1.165, 1.54) is 0 Å². The van der Waals surface area contributed by atoms with E-state index in [1.54, 1.807) is 11.9 Å². The number of carbonyl (C=O) groups is 2. The molecule has 0 radical (unpaired) electrons. The van der Waals surface area contributed by atoms with Crippen molar-refractivity contribution in [3.63, 3.8) is 0 Å². The Morgan fingerprint density at radius 1 is 1.25 bits per heavy atom. The number of unbranched alkanes of at least 4 members (excludes halogenated alkanes) is 1. The molecule has 1 N–H and O–H groups in total. The Morgan fingerprint density at radius 3 is 2.69 bits per heavy atom. The highest BCUT2D eigenvalue weighted by atomic mass is 16.6. The van der Waals surface area contributed by atoms with E-state index in [9.17, 15) is 14.7 Å². The summed E-state index contributed by atoms with van der Waals surface area (Å²) in [5.74, 6) is 0.156. The molecule has 8 heteroatoms. The molecule has 0 aliphatic heterocycles. The Hall–Kier alpha value is -3.03. The lowest BCUT2D eigenvalue weighted by atomic mass is 9.87. The number of nitrogens with zero attached hydrogens (tertiary/aromatic N) is 2. The normalized spacial score (nSPS) is 18.2. The number of rotatable bonds is 9. The number of ether oxygens (including phenoxy) is 2. The van der Waals surface area contributed by atoms with Crippen molar-refractivity contribution in [3.8, 4) is 17.1 Å². The second-order valence-corrected chi connectivity index (χ2v) is 8.37. The minimum Gasteiger partial charge on any atom is -0.490 e. The van der Waals surface area contributed by atoms with Crippen LogP contribution in [0.25, 0.3) is 11.3 Å². The van der Waals surface area contributed by atoms with Crippen LogP contribution in [0.5, 0.6) is 5.75 Å². The maximum atomic E-state index is 12.2. The maximum Gasteiger partial charge on any atom is 0.409 e. The molecular weight excluding hydrogens is 412 g/mol. The third-order valence-corrected chi connectivity index (χ3v) is 5.88. The highest BCUT2D eigenvalue weighted by molar-refractivity contribution is 5.70. The molecule has 0 unspecified atom stereocenters. The lowest BCUT2D eigenvalue weighted by Gasteiger charge is -2.27. The van der Waals surface area contributed by atoms with Crippen molar-refractivity contribution in [2.24, 2.45) is 5.92 Å². The predicted molar refractivity (Wildman–Crippen MR) is 118 cm³/mol. The van der Waals surface area contributed by atoms with Crippen molar-refractivity contribution in [1.82, 2.24) is 10.1 Å². The zero-order valence-electron chi connectivity index (χ0n) is 19.0. The smallest absolute Gasteiger partial charge is 0.409 e. The number of hydrogen-bond acceptors (Lipinski definition) is 6. The molecule has 1 aliphatic carbocycles. The van der Waals surface area contributed by atoms with Crippen LogP contribution in [0.1, 0.15) is 56.7 Å². The number of carboxylic acids is 1. The summed E-state index contributed by atoms with van der Waals surface area (Å²) >= 11 is 0. The van der Waals surface area contributed by atoms with Crippen molar-refractivity contribution in [2.75, 3.05) is 13.6 Å². The minimum atomic E-state index is -0.751. The fraction of sp³-hybridized carbons (Fsp3) is 0.542. The van der Waals surface area contributed by atoms with Gasteiger partial charge in [0, 0.05) is 19.2 Å². The SMILES string of the molecule is CCCCN(C)C(=O)OCc1c(C)noc1-c1ccc(O[C@H]2CCC[C@H](C(=O)O)C2)cc1. The van der Waals surface area contributed by atoms with Crippen LogP contribution in [0.4, 0.5) is 4.79 Å². The van der Waals surface area contributed by atoms with Crippen LogP contribution in [-0.4, -0.2) is 46.9 Å². The van der Waals surface area contributed by atoms with Crippen molar-refractivity contribution in [3.05, 3.63) is 35.5 Å². The van der Waals surface area contributed by atoms with E-state index in [0.717, 1.165) is 36.8 Å². The molecule has 0 spiro atoms. The molecule has 1 fully saturated rings. The molecular formula is C24H32N2O6. The average molecular weight is 445 g/mol. The fourth-order valence-electron chi connectivity index (χ4n) is 3.87. The van der Waals surface area contributed by atoms with Crippen molar-refractivity contribution >= 4 is 12.1 Å². The van der Waals surface area contributed by atoms with Gasteiger partial charge in [-0.2, -0.15) is 0 Å². The Bertz CT molecular complexity index is 908. The number of hydrogen-bond donors (Lipinski definition) is 1. The van der Waals surface area contributed by atoms with E-state index in [0.29, 0.717) is 36.6 Å². The second-order valence-electron chi connectivity index (χ2n) is 8.37. The lowest BCUT2D eigenvalue weighted by molar-refractivity contribution is -0.143. The van der Waals surface area contributed by atoms with Gasteiger partial charge in [0.25, 0.3) is 0 Å². The molecule has 1 aromatic carbocycles. The summed E-state index contributed by atoms with van der Waals surface area (Å²) in [4.78, 5) is 25.0. The largest absolute Gasteiger partial charge is 0.490 e. The summed E-state index contributed by atoms with van der Waals surface area (Å²) < 4.78 is 17.0. The number of carboxylic acid groups (broad SMARTS) is 1. The van der Waals surface area contributed by atoms with Crippen LogP contribution < -0.4 is 4.74 Å². The topological polar surface area (TPSA) is 102 Å². The van der Waals surface area contributed by atoms with Crippen molar-refractivity contribution in [1.29, 1.82) is 0 Å². The van der Waals surface area contributed by atoms with Crippen molar-refractivity contribution < 1.29 is 28.7 Å². The molecule has 32 heavy (non-hydrogen) atoms. The molecule has 0 bridgehead atoms. The maximum absolute atomic E-state index is 12.2. The zero-order chi connectivity index (χ0) is 23.1. The predicted octanol–water partition coefficient (Wildman–Crippen LogP) is 5.04. The Balaban J connectivity index is 1.62. The molecule has 174 valence electrons. The molecule has 3 rings (SSSR count). The Labute approximate surface area is 188 Å². The number of carbonyl (C=O) groups excluding carboxylic acids is 1. The summed E-state index contributed by atoms with van der Waals surface area (Å²) in [6.45, 7) is 4.62. The quantitative estimate of drug-likeness (QED) is 0.578. The van der Waals surface area contributed by atoms with Crippen LogP contribution >= 0.6 is 0 Å². The van der Waals surface area contributed by atoms with Gasteiger partial charge in [-0.3, -0.25) is 4.79 Å². The molecule has 1 saturated carbocycles. The number of aromatic nitrogens is 1. The minimum absolute atomic E-state index is 0.0802. The molecule has 0 saturated heterocycles. The molecule has 1 heterocycles. The number of aryl methyl sites for hydroxylation is 1. The van der Waals surface area contributed by atoms with Gasteiger partial charge in [-0.05, 0) is 63.3 Å². The molecule has 1 amide bonds. The summed E-state index contributed by atoms with van der Waals surface area (Å²) in [5.41, 5.74) is 2.20. The summed E-state index contributed by atoms with van der Waals surface area (Å²) in [6, 6.07) is 7.41. The first-order valence-electron chi connectivity index (χ1n) is 11.2. The third-order valence-electron chi connectivity index (χ3n) is 5.88. The van der Waals surface area contributed by atoms with Crippen LogP contribution in [-0.2, 0) is 16.1 Å². The van der Waals surface area contributed by atoms with E-state index < -0.39 is 5.97 Å². The van der Waals surface area contributed by atoms with Gasteiger partial charge < -0.3 is 24.0 Å². The standard InChI is InChI=1S/C24H32N2O6/c1-4-5-13-26(3)24(29)30-15-21-16(2)25-32-22(21)17-9-11-19(12-10-17)31-20-8-6-7-18(14-20)23(27)28/h9-12,18,20H,4-8,13-15H2,1-3H3,(H,27,28)/t18-,20-/m0/s1. The van der Waals surface area contributed by atoms with E-state index in [2.05, 4.69) is 12.1 Å². The molecule has 1 aliphatic rings. The van der Waals surface area contributed by atoms with Gasteiger partial charge in [0.1, 0.15) is 12.4 Å². The van der Waals surface area contributed by atoms with Gasteiger partial charge in [-0.1, -0.05) is 18.5 Å². The number of amides is 1. The summed E-state index contributed by atoms with van der Waals surface area (Å²) in [5, 5.41) is 13.3. The zero-order valence-corrected chi connectivity index (χ0v) is 19.0.